The molecule has 4 heteroatoms. The van der Waals surface area contributed by atoms with E-state index in [9.17, 15) is 17.6 Å². The van der Waals surface area contributed by atoms with E-state index in [1.54, 1.807) is 0 Å². The summed E-state index contributed by atoms with van der Waals surface area (Å²) in [7, 11) is 0. The molecule has 0 N–H and O–H groups in total. The van der Waals surface area contributed by atoms with Crippen molar-refractivity contribution in [2.45, 2.75) is 0 Å². The van der Waals surface area contributed by atoms with Crippen LogP contribution in [-0.4, -0.2) is 0 Å². The molecule has 0 aromatic heterocycles. The highest BCUT2D eigenvalue weighted by molar-refractivity contribution is 5.66. The Morgan fingerprint density at radius 2 is 1.44 bits per heavy atom. The Morgan fingerprint density at radius 3 is 2.06 bits per heavy atom. The molecule has 0 aliphatic heterocycles. The number of benzene rings is 2. The summed E-state index contributed by atoms with van der Waals surface area (Å²) in [5.41, 5.74) is -0.250. The lowest BCUT2D eigenvalue weighted by atomic mass is 10.0. The summed E-state index contributed by atoms with van der Waals surface area (Å²) in [6.45, 7) is 0. The number of hydrogen-bond donors (Lipinski definition) is 0. The van der Waals surface area contributed by atoms with Gasteiger partial charge in [0, 0.05) is 16.7 Å². The van der Waals surface area contributed by atoms with Gasteiger partial charge in [-0.2, -0.15) is 0 Å². The molecule has 0 spiro atoms. The molecule has 0 amide bonds. The van der Waals surface area contributed by atoms with Crippen molar-refractivity contribution in [3.8, 4) is 23.5 Å². The Bertz CT molecular complexity index is 654. The third-order valence-corrected chi connectivity index (χ3v) is 2.46. The maximum atomic E-state index is 13.7. The van der Waals surface area contributed by atoms with E-state index in [0.717, 1.165) is 18.2 Å². The quantitative estimate of drug-likeness (QED) is 0.409. The molecular weight excluding hydrogens is 244 g/mol. The standard InChI is InChI=1S/C14H6F4/c1-2-8-3-4-9(12(16)7-8)10-5-6-11(15)14(18)13(10)17/h1,3-7H. The SMILES string of the molecule is C#Cc1ccc(-c2ccc(F)c(F)c2F)c(F)c1. The average molecular weight is 250 g/mol. The first-order valence-electron chi connectivity index (χ1n) is 4.94. The maximum Gasteiger partial charge on any atom is 0.195 e. The van der Waals surface area contributed by atoms with Crippen LogP contribution in [0.1, 0.15) is 5.56 Å². The molecule has 0 saturated carbocycles. The van der Waals surface area contributed by atoms with E-state index in [0.29, 0.717) is 0 Å². The maximum absolute atomic E-state index is 13.7. The lowest BCUT2D eigenvalue weighted by Crippen LogP contribution is -1.96. The first-order chi connectivity index (χ1) is 8.54. The first kappa shape index (κ1) is 12.2. The van der Waals surface area contributed by atoms with Crippen LogP contribution >= 0.6 is 0 Å². The zero-order chi connectivity index (χ0) is 13.3. The van der Waals surface area contributed by atoms with Gasteiger partial charge in [-0.3, -0.25) is 0 Å². The van der Waals surface area contributed by atoms with Crippen LogP contribution in [0.5, 0.6) is 0 Å². The summed E-state index contributed by atoms with van der Waals surface area (Å²) in [6.07, 6.45) is 5.08. The lowest BCUT2D eigenvalue weighted by Gasteiger charge is -2.06. The van der Waals surface area contributed by atoms with Gasteiger partial charge in [0.2, 0.25) is 0 Å². The van der Waals surface area contributed by atoms with E-state index in [-0.39, 0.29) is 16.7 Å². The second-order valence-electron chi connectivity index (χ2n) is 3.56. The summed E-state index contributed by atoms with van der Waals surface area (Å²) in [5.74, 6) is -2.96. The smallest absolute Gasteiger partial charge is 0.195 e. The number of terminal acetylenes is 1. The second-order valence-corrected chi connectivity index (χ2v) is 3.56. The van der Waals surface area contributed by atoms with Gasteiger partial charge in [-0.05, 0) is 24.3 Å². The van der Waals surface area contributed by atoms with Crippen molar-refractivity contribution in [3.05, 3.63) is 59.2 Å². The number of hydrogen-bond acceptors (Lipinski definition) is 0. The highest BCUT2D eigenvalue weighted by Crippen LogP contribution is 2.28. The Balaban J connectivity index is 2.64. The molecule has 2 rings (SSSR count). The van der Waals surface area contributed by atoms with Crippen LogP contribution in [0.15, 0.2) is 30.3 Å². The van der Waals surface area contributed by atoms with Gasteiger partial charge in [-0.15, -0.1) is 6.42 Å². The van der Waals surface area contributed by atoms with Gasteiger partial charge in [0.25, 0.3) is 0 Å². The van der Waals surface area contributed by atoms with Crippen molar-refractivity contribution in [1.29, 1.82) is 0 Å². The third kappa shape index (κ3) is 1.95. The monoisotopic (exact) mass is 250 g/mol. The highest BCUT2D eigenvalue weighted by atomic mass is 19.2. The van der Waals surface area contributed by atoms with Crippen molar-refractivity contribution in [2.75, 3.05) is 0 Å². The zero-order valence-corrected chi connectivity index (χ0v) is 8.98. The van der Waals surface area contributed by atoms with Crippen LogP contribution in [-0.2, 0) is 0 Å². The zero-order valence-electron chi connectivity index (χ0n) is 8.98. The molecular formula is C14H6F4. The van der Waals surface area contributed by atoms with Gasteiger partial charge in [-0.1, -0.05) is 12.0 Å². The van der Waals surface area contributed by atoms with Crippen LogP contribution < -0.4 is 0 Å². The lowest BCUT2D eigenvalue weighted by molar-refractivity contribution is 0.448. The summed E-state index contributed by atoms with van der Waals surface area (Å²) in [5, 5.41) is 0. The van der Waals surface area contributed by atoms with E-state index < -0.39 is 23.3 Å². The highest BCUT2D eigenvalue weighted by Gasteiger charge is 2.17. The van der Waals surface area contributed by atoms with E-state index in [1.165, 1.54) is 12.1 Å². The van der Waals surface area contributed by atoms with Crippen molar-refractivity contribution in [2.24, 2.45) is 0 Å². The predicted molar refractivity (Wildman–Crippen MR) is 59.6 cm³/mol. The fourth-order valence-electron chi connectivity index (χ4n) is 1.56. The van der Waals surface area contributed by atoms with Gasteiger partial charge in [0.05, 0.1) is 0 Å². The Morgan fingerprint density at radius 1 is 0.778 bits per heavy atom. The molecule has 2 aromatic rings. The van der Waals surface area contributed by atoms with E-state index in [2.05, 4.69) is 5.92 Å². The number of rotatable bonds is 1. The average Bonchev–Trinajstić information content (AvgIpc) is 2.37. The second kappa shape index (κ2) is 4.53. The molecule has 90 valence electrons. The van der Waals surface area contributed by atoms with Crippen LogP contribution in [0.25, 0.3) is 11.1 Å². The normalized spacial score (nSPS) is 10.2. The molecule has 0 aliphatic carbocycles. The Labute approximate surface area is 101 Å². The van der Waals surface area contributed by atoms with Gasteiger partial charge < -0.3 is 0 Å². The van der Waals surface area contributed by atoms with Crippen molar-refractivity contribution >= 4 is 0 Å². The van der Waals surface area contributed by atoms with Crippen LogP contribution in [0.2, 0.25) is 0 Å². The number of halogens is 4. The van der Waals surface area contributed by atoms with Crippen LogP contribution in [0.3, 0.4) is 0 Å². The molecule has 0 fully saturated rings. The fourth-order valence-corrected chi connectivity index (χ4v) is 1.56. The molecule has 2 aromatic carbocycles. The minimum Gasteiger partial charge on any atom is -0.206 e. The summed E-state index contributed by atoms with van der Waals surface area (Å²) < 4.78 is 53.0. The fraction of sp³-hybridized carbons (Fsp3) is 0. The van der Waals surface area contributed by atoms with Crippen molar-refractivity contribution in [3.63, 3.8) is 0 Å². The van der Waals surface area contributed by atoms with Crippen LogP contribution in [0.4, 0.5) is 17.6 Å². The minimum absolute atomic E-state index is 0.176. The predicted octanol–water partition coefficient (Wildman–Crippen LogP) is 3.89. The molecule has 0 bridgehead atoms. The molecule has 0 saturated heterocycles. The van der Waals surface area contributed by atoms with E-state index in [1.807, 2.05) is 0 Å². The topological polar surface area (TPSA) is 0 Å². The largest absolute Gasteiger partial charge is 0.206 e. The Kier molecular flexibility index (Phi) is 3.07. The summed E-state index contributed by atoms with van der Waals surface area (Å²) in [4.78, 5) is 0. The van der Waals surface area contributed by atoms with Crippen LogP contribution in [0, 0.1) is 35.6 Å². The molecule has 0 unspecified atom stereocenters. The van der Waals surface area contributed by atoms with Gasteiger partial charge in [0.15, 0.2) is 17.5 Å². The first-order valence-corrected chi connectivity index (χ1v) is 4.94. The van der Waals surface area contributed by atoms with E-state index in [4.69, 9.17) is 6.42 Å². The third-order valence-electron chi connectivity index (χ3n) is 2.46. The summed E-state index contributed by atoms with van der Waals surface area (Å²) >= 11 is 0. The van der Waals surface area contributed by atoms with Gasteiger partial charge in [-0.25, -0.2) is 17.6 Å². The van der Waals surface area contributed by atoms with E-state index >= 15 is 0 Å². The molecule has 18 heavy (non-hydrogen) atoms. The summed E-state index contributed by atoms with van der Waals surface area (Å²) in [6, 6.07) is 5.35. The molecule has 0 atom stereocenters. The van der Waals surface area contributed by atoms with Gasteiger partial charge in [0.1, 0.15) is 5.82 Å². The molecule has 0 radical (unpaired) electrons. The minimum atomic E-state index is -1.63. The van der Waals surface area contributed by atoms with Crippen molar-refractivity contribution < 1.29 is 17.6 Å². The van der Waals surface area contributed by atoms with Gasteiger partial charge >= 0.3 is 0 Å². The molecule has 0 nitrogen and oxygen atoms in total. The molecule has 0 aliphatic rings. The van der Waals surface area contributed by atoms with Crippen molar-refractivity contribution in [1.82, 2.24) is 0 Å². The molecule has 0 heterocycles. The Hall–Kier alpha value is -2.28.